The van der Waals surface area contributed by atoms with Crippen LogP contribution in [0.3, 0.4) is 0 Å². The summed E-state index contributed by atoms with van der Waals surface area (Å²) < 4.78 is 2.13. The van der Waals surface area contributed by atoms with E-state index in [9.17, 15) is 5.11 Å². The van der Waals surface area contributed by atoms with Crippen LogP contribution in [0.15, 0.2) is 128 Å². The fourth-order valence-electron chi connectivity index (χ4n) is 5.72. The average Bonchev–Trinajstić information content (AvgIpc) is 3.40. The van der Waals surface area contributed by atoms with Crippen LogP contribution in [0.5, 0.6) is 5.75 Å². The standard InChI is InChI=1S/C38H31N3O/c1-38(2,3)28-23-26(22-27(24-28)35-30-15-8-7-12-25(30)20-21-39-35)31-17-11-18-33-36(31)40-37(32-16-9-10-19-34(32)42)41(33)29-13-5-4-6-14-29/h4-24,42H,1-3H3. The van der Waals surface area contributed by atoms with Crippen LogP contribution in [-0.2, 0) is 5.41 Å². The third kappa shape index (κ3) is 4.42. The first-order valence-corrected chi connectivity index (χ1v) is 14.2. The molecule has 2 aromatic heterocycles. The number of aromatic nitrogens is 3. The molecule has 0 aliphatic carbocycles. The van der Waals surface area contributed by atoms with E-state index in [0.29, 0.717) is 11.4 Å². The second kappa shape index (κ2) is 10.0. The second-order valence-corrected chi connectivity index (χ2v) is 11.7. The van der Waals surface area contributed by atoms with Crippen molar-refractivity contribution < 1.29 is 5.11 Å². The van der Waals surface area contributed by atoms with Gasteiger partial charge in [-0.2, -0.15) is 0 Å². The summed E-state index contributed by atoms with van der Waals surface area (Å²) in [5.74, 6) is 0.898. The van der Waals surface area contributed by atoms with E-state index < -0.39 is 0 Å². The van der Waals surface area contributed by atoms with Gasteiger partial charge in [0, 0.05) is 28.4 Å². The lowest BCUT2D eigenvalue weighted by molar-refractivity contribution is 0.477. The van der Waals surface area contributed by atoms with Gasteiger partial charge in [0.1, 0.15) is 11.6 Å². The molecule has 0 spiro atoms. The molecule has 7 rings (SSSR count). The van der Waals surface area contributed by atoms with Gasteiger partial charge in [-0.1, -0.05) is 93.6 Å². The van der Waals surface area contributed by atoms with Crippen LogP contribution in [0, 0.1) is 0 Å². The molecule has 5 aromatic carbocycles. The Hall–Kier alpha value is -5.22. The Balaban J connectivity index is 1.52. The number of phenolic OH excluding ortho intramolecular Hbond substituents is 1. The van der Waals surface area contributed by atoms with Crippen molar-refractivity contribution in [1.82, 2.24) is 14.5 Å². The van der Waals surface area contributed by atoms with E-state index in [2.05, 4.69) is 104 Å². The van der Waals surface area contributed by atoms with Gasteiger partial charge in [-0.3, -0.25) is 9.55 Å². The molecule has 0 aliphatic heterocycles. The highest BCUT2D eigenvalue weighted by atomic mass is 16.3. The summed E-state index contributed by atoms with van der Waals surface area (Å²) in [6.45, 7) is 6.73. The molecule has 1 N–H and O–H groups in total. The van der Waals surface area contributed by atoms with Gasteiger partial charge in [0.05, 0.1) is 22.3 Å². The monoisotopic (exact) mass is 545 g/mol. The number of fused-ring (bicyclic) bond motifs is 2. The molecule has 0 radical (unpaired) electrons. The number of rotatable bonds is 4. The van der Waals surface area contributed by atoms with Gasteiger partial charge in [0.15, 0.2) is 0 Å². The highest BCUT2D eigenvalue weighted by Crippen LogP contribution is 2.40. The van der Waals surface area contributed by atoms with E-state index in [-0.39, 0.29) is 11.2 Å². The zero-order chi connectivity index (χ0) is 28.8. The minimum atomic E-state index is -0.0758. The number of benzene rings is 5. The van der Waals surface area contributed by atoms with Gasteiger partial charge in [0.25, 0.3) is 0 Å². The molecule has 0 saturated heterocycles. The van der Waals surface area contributed by atoms with E-state index in [1.165, 1.54) is 10.9 Å². The number of pyridine rings is 1. The SMILES string of the molecule is CC(C)(C)c1cc(-c2nccc3ccccc23)cc(-c2cccc3c2nc(-c2ccccc2O)n3-c2ccccc2)c1. The van der Waals surface area contributed by atoms with Gasteiger partial charge in [-0.15, -0.1) is 0 Å². The molecule has 4 nitrogen and oxygen atoms in total. The molecule has 2 heterocycles. The van der Waals surface area contributed by atoms with E-state index in [1.807, 2.05) is 42.6 Å². The van der Waals surface area contributed by atoms with E-state index in [1.54, 1.807) is 6.07 Å². The van der Waals surface area contributed by atoms with E-state index >= 15 is 0 Å². The molecule has 42 heavy (non-hydrogen) atoms. The third-order valence-corrected chi connectivity index (χ3v) is 7.90. The summed E-state index contributed by atoms with van der Waals surface area (Å²) in [5, 5.41) is 13.2. The fraction of sp³-hybridized carbons (Fsp3) is 0.105. The number of phenols is 1. The highest BCUT2D eigenvalue weighted by Gasteiger charge is 2.22. The molecule has 0 saturated carbocycles. The van der Waals surface area contributed by atoms with Crippen molar-refractivity contribution in [2.45, 2.75) is 26.2 Å². The lowest BCUT2D eigenvalue weighted by atomic mass is 9.83. The minimum Gasteiger partial charge on any atom is -0.507 e. The van der Waals surface area contributed by atoms with Crippen molar-refractivity contribution in [2.24, 2.45) is 0 Å². The Kier molecular flexibility index (Phi) is 6.13. The first kappa shape index (κ1) is 25.7. The maximum absolute atomic E-state index is 10.9. The Bertz CT molecular complexity index is 2080. The van der Waals surface area contributed by atoms with Crippen LogP contribution in [0.25, 0.3) is 61.3 Å². The molecule has 7 aromatic rings. The molecule has 0 bridgehead atoms. The van der Waals surface area contributed by atoms with Gasteiger partial charge >= 0.3 is 0 Å². The zero-order valence-electron chi connectivity index (χ0n) is 23.9. The van der Waals surface area contributed by atoms with Gasteiger partial charge in [-0.25, -0.2) is 4.98 Å². The van der Waals surface area contributed by atoms with Crippen molar-refractivity contribution in [1.29, 1.82) is 0 Å². The number of imidazole rings is 1. The summed E-state index contributed by atoms with van der Waals surface area (Å²) in [6, 6.07) is 41.2. The summed E-state index contributed by atoms with van der Waals surface area (Å²) in [4.78, 5) is 10.1. The van der Waals surface area contributed by atoms with Gasteiger partial charge in [0.2, 0.25) is 0 Å². The topological polar surface area (TPSA) is 50.9 Å². The third-order valence-electron chi connectivity index (χ3n) is 7.90. The smallest absolute Gasteiger partial charge is 0.149 e. The highest BCUT2D eigenvalue weighted by molar-refractivity contribution is 5.99. The number of aromatic hydroxyl groups is 1. The van der Waals surface area contributed by atoms with Crippen LogP contribution in [0.1, 0.15) is 26.3 Å². The first-order valence-electron chi connectivity index (χ1n) is 14.2. The number of hydrogen-bond acceptors (Lipinski definition) is 3. The lowest BCUT2D eigenvalue weighted by Crippen LogP contribution is -2.11. The second-order valence-electron chi connectivity index (χ2n) is 11.7. The Morgan fingerprint density at radius 3 is 2.19 bits per heavy atom. The van der Waals surface area contributed by atoms with Gasteiger partial charge in [-0.05, 0) is 70.5 Å². The van der Waals surface area contributed by atoms with Crippen LogP contribution < -0.4 is 0 Å². The molecular weight excluding hydrogens is 514 g/mol. The summed E-state index contributed by atoms with van der Waals surface area (Å²) >= 11 is 0. The van der Waals surface area contributed by atoms with E-state index in [0.717, 1.165) is 44.5 Å². The van der Waals surface area contributed by atoms with Crippen molar-refractivity contribution in [3.05, 3.63) is 133 Å². The Labute approximate surface area is 245 Å². The average molecular weight is 546 g/mol. The van der Waals surface area contributed by atoms with Crippen molar-refractivity contribution >= 4 is 21.8 Å². The zero-order valence-corrected chi connectivity index (χ0v) is 23.9. The predicted octanol–water partition coefficient (Wildman–Crippen LogP) is 9.58. The summed E-state index contributed by atoms with van der Waals surface area (Å²) in [5.41, 5.74) is 8.84. The molecule has 0 fully saturated rings. The van der Waals surface area contributed by atoms with Crippen LogP contribution in [0.4, 0.5) is 0 Å². The maximum atomic E-state index is 10.9. The van der Waals surface area contributed by atoms with Crippen molar-refractivity contribution in [2.75, 3.05) is 0 Å². The molecule has 0 aliphatic rings. The molecular formula is C38H31N3O. The number of nitrogens with zero attached hydrogens (tertiary/aromatic N) is 3. The first-order chi connectivity index (χ1) is 20.4. The summed E-state index contributed by atoms with van der Waals surface area (Å²) in [7, 11) is 0. The Morgan fingerprint density at radius 2 is 1.38 bits per heavy atom. The fourth-order valence-corrected chi connectivity index (χ4v) is 5.72. The number of para-hydroxylation sites is 3. The van der Waals surface area contributed by atoms with Crippen molar-refractivity contribution in [3.63, 3.8) is 0 Å². The molecule has 0 unspecified atom stereocenters. The normalized spacial score (nSPS) is 11.8. The molecule has 4 heteroatoms. The molecule has 0 atom stereocenters. The maximum Gasteiger partial charge on any atom is 0.149 e. The van der Waals surface area contributed by atoms with Crippen molar-refractivity contribution in [3.8, 4) is 45.2 Å². The quantitative estimate of drug-likeness (QED) is 0.240. The predicted molar refractivity (Wildman–Crippen MR) is 173 cm³/mol. The summed E-state index contributed by atoms with van der Waals surface area (Å²) in [6.07, 6.45) is 1.89. The largest absolute Gasteiger partial charge is 0.507 e. The van der Waals surface area contributed by atoms with E-state index in [4.69, 9.17) is 9.97 Å². The Morgan fingerprint density at radius 1 is 0.667 bits per heavy atom. The van der Waals surface area contributed by atoms with Crippen LogP contribution in [-0.4, -0.2) is 19.6 Å². The minimum absolute atomic E-state index is 0.0758. The number of hydrogen-bond donors (Lipinski definition) is 1. The van der Waals surface area contributed by atoms with Crippen LogP contribution >= 0.6 is 0 Å². The lowest BCUT2D eigenvalue weighted by Gasteiger charge is -2.22. The van der Waals surface area contributed by atoms with Gasteiger partial charge < -0.3 is 5.11 Å². The van der Waals surface area contributed by atoms with Crippen LogP contribution in [0.2, 0.25) is 0 Å². The molecule has 0 amide bonds. The molecule has 204 valence electrons.